The monoisotopic (exact) mass is 197 g/mol. The van der Waals surface area contributed by atoms with Crippen molar-refractivity contribution in [2.24, 2.45) is 0 Å². The van der Waals surface area contributed by atoms with E-state index in [0.29, 0.717) is 5.95 Å². The quantitative estimate of drug-likeness (QED) is 0.599. The second-order valence-corrected chi connectivity index (χ2v) is 3.94. The summed E-state index contributed by atoms with van der Waals surface area (Å²) >= 11 is 0. The zero-order valence-electron chi connectivity index (χ0n) is 8.49. The average molecular weight is 197 g/mol. The van der Waals surface area contributed by atoms with E-state index in [2.05, 4.69) is 35.1 Å². The maximum atomic E-state index is 5.60. The van der Waals surface area contributed by atoms with E-state index in [1.165, 1.54) is 22.3 Å². The van der Waals surface area contributed by atoms with Crippen molar-refractivity contribution in [3.63, 3.8) is 0 Å². The van der Waals surface area contributed by atoms with Crippen molar-refractivity contribution < 1.29 is 0 Å². The molecule has 0 bridgehead atoms. The second kappa shape index (κ2) is 2.79. The van der Waals surface area contributed by atoms with Crippen molar-refractivity contribution >= 4 is 5.95 Å². The molecular weight excluding hydrogens is 186 g/mol. The Labute approximate surface area is 88.0 Å². The summed E-state index contributed by atoms with van der Waals surface area (Å²) in [6.45, 7) is 2.10. The molecular formula is C12H11N3. The number of nitrogens with two attached hydrogens (primary N) is 1. The number of benzene rings is 1. The van der Waals surface area contributed by atoms with Crippen molar-refractivity contribution in [1.82, 2.24) is 9.97 Å². The lowest BCUT2D eigenvalue weighted by Gasteiger charge is -2.00. The first-order valence-electron chi connectivity index (χ1n) is 4.95. The molecule has 0 spiro atoms. The molecule has 3 heteroatoms. The van der Waals surface area contributed by atoms with Gasteiger partial charge in [-0.2, -0.15) is 0 Å². The topological polar surface area (TPSA) is 51.8 Å². The molecule has 0 radical (unpaired) electrons. The first-order chi connectivity index (χ1) is 7.24. The van der Waals surface area contributed by atoms with Crippen LogP contribution in [0.15, 0.2) is 24.4 Å². The van der Waals surface area contributed by atoms with Crippen LogP contribution < -0.4 is 5.73 Å². The Morgan fingerprint density at radius 2 is 2.13 bits per heavy atom. The molecule has 74 valence electrons. The molecule has 1 aromatic heterocycles. The zero-order chi connectivity index (χ0) is 10.4. The summed E-state index contributed by atoms with van der Waals surface area (Å²) in [5.41, 5.74) is 11.6. The Morgan fingerprint density at radius 3 is 3.00 bits per heavy atom. The molecule has 1 aliphatic carbocycles. The Morgan fingerprint density at radius 1 is 1.27 bits per heavy atom. The summed E-state index contributed by atoms with van der Waals surface area (Å²) in [6.07, 6.45) is 2.75. The van der Waals surface area contributed by atoms with Gasteiger partial charge in [-0.1, -0.05) is 23.8 Å². The fourth-order valence-corrected chi connectivity index (χ4v) is 2.09. The SMILES string of the molecule is Cc1ccc2c(c1)Cc1cnc(N)nc1-2. The third-order valence-corrected chi connectivity index (χ3v) is 2.78. The van der Waals surface area contributed by atoms with Gasteiger partial charge in [-0.05, 0) is 12.5 Å². The molecule has 0 saturated heterocycles. The minimum atomic E-state index is 0.349. The maximum Gasteiger partial charge on any atom is 0.220 e. The molecule has 1 aliphatic rings. The standard InChI is InChI=1S/C12H11N3/c1-7-2-3-10-8(4-7)5-9-6-14-12(13)15-11(9)10/h2-4,6H,5H2,1H3,(H2,13,14,15). The Bertz CT molecular complexity index is 547. The van der Waals surface area contributed by atoms with E-state index in [4.69, 9.17) is 5.73 Å². The molecule has 0 unspecified atom stereocenters. The minimum Gasteiger partial charge on any atom is -0.368 e. The van der Waals surface area contributed by atoms with Gasteiger partial charge in [0.05, 0.1) is 5.69 Å². The second-order valence-electron chi connectivity index (χ2n) is 3.94. The smallest absolute Gasteiger partial charge is 0.220 e. The Hall–Kier alpha value is -1.90. The van der Waals surface area contributed by atoms with E-state index in [1.54, 1.807) is 0 Å². The van der Waals surface area contributed by atoms with Gasteiger partial charge in [-0.3, -0.25) is 0 Å². The molecule has 1 heterocycles. The molecule has 3 rings (SSSR count). The third kappa shape index (κ3) is 1.20. The van der Waals surface area contributed by atoms with Crippen LogP contribution in [0, 0.1) is 6.92 Å². The van der Waals surface area contributed by atoms with Crippen LogP contribution in [0.3, 0.4) is 0 Å². The van der Waals surface area contributed by atoms with Gasteiger partial charge in [0, 0.05) is 23.7 Å². The minimum absolute atomic E-state index is 0.349. The van der Waals surface area contributed by atoms with E-state index >= 15 is 0 Å². The number of hydrogen-bond donors (Lipinski definition) is 1. The first-order valence-corrected chi connectivity index (χ1v) is 4.95. The molecule has 0 atom stereocenters. The predicted octanol–water partition coefficient (Wildman–Crippen LogP) is 1.94. The van der Waals surface area contributed by atoms with E-state index in [9.17, 15) is 0 Å². The van der Waals surface area contributed by atoms with Crippen molar-refractivity contribution in [1.29, 1.82) is 0 Å². The summed E-state index contributed by atoms with van der Waals surface area (Å²) in [6, 6.07) is 6.42. The highest BCUT2D eigenvalue weighted by molar-refractivity contribution is 5.74. The molecule has 15 heavy (non-hydrogen) atoms. The van der Waals surface area contributed by atoms with Gasteiger partial charge in [0.15, 0.2) is 0 Å². The van der Waals surface area contributed by atoms with Crippen LogP contribution in [0.5, 0.6) is 0 Å². The summed E-state index contributed by atoms with van der Waals surface area (Å²) < 4.78 is 0. The van der Waals surface area contributed by atoms with Crippen LogP contribution in [0.25, 0.3) is 11.3 Å². The van der Waals surface area contributed by atoms with E-state index in [-0.39, 0.29) is 0 Å². The van der Waals surface area contributed by atoms with Crippen LogP contribution in [0.2, 0.25) is 0 Å². The van der Waals surface area contributed by atoms with Crippen LogP contribution in [-0.2, 0) is 6.42 Å². The predicted molar refractivity (Wildman–Crippen MR) is 59.4 cm³/mol. The van der Waals surface area contributed by atoms with E-state index < -0.39 is 0 Å². The average Bonchev–Trinajstić information content (AvgIpc) is 2.54. The highest BCUT2D eigenvalue weighted by Crippen LogP contribution is 2.35. The fourth-order valence-electron chi connectivity index (χ4n) is 2.09. The van der Waals surface area contributed by atoms with Gasteiger partial charge >= 0.3 is 0 Å². The molecule has 0 fully saturated rings. The highest BCUT2D eigenvalue weighted by Gasteiger charge is 2.20. The number of nitrogen functional groups attached to an aromatic ring is 1. The van der Waals surface area contributed by atoms with Crippen molar-refractivity contribution in [3.8, 4) is 11.3 Å². The number of rotatable bonds is 0. The van der Waals surface area contributed by atoms with Crippen LogP contribution in [0.1, 0.15) is 16.7 Å². The molecule has 0 saturated carbocycles. The molecule has 3 nitrogen and oxygen atoms in total. The summed E-state index contributed by atoms with van der Waals surface area (Å²) in [5, 5.41) is 0. The van der Waals surface area contributed by atoms with Gasteiger partial charge in [0.1, 0.15) is 0 Å². The lowest BCUT2D eigenvalue weighted by atomic mass is 10.1. The number of anilines is 1. The number of aromatic nitrogens is 2. The molecule has 2 aromatic rings. The van der Waals surface area contributed by atoms with Crippen molar-refractivity contribution in [2.45, 2.75) is 13.3 Å². The van der Waals surface area contributed by atoms with Crippen LogP contribution in [0.4, 0.5) is 5.95 Å². The molecule has 0 aliphatic heterocycles. The van der Waals surface area contributed by atoms with E-state index in [0.717, 1.165) is 12.1 Å². The van der Waals surface area contributed by atoms with Crippen molar-refractivity contribution in [3.05, 3.63) is 41.1 Å². The van der Waals surface area contributed by atoms with Gasteiger partial charge in [0.2, 0.25) is 5.95 Å². The fraction of sp³-hybridized carbons (Fsp3) is 0.167. The van der Waals surface area contributed by atoms with Crippen LogP contribution >= 0.6 is 0 Å². The summed E-state index contributed by atoms with van der Waals surface area (Å²) in [7, 11) is 0. The number of fused-ring (bicyclic) bond motifs is 3. The van der Waals surface area contributed by atoms with Gasteiger partial charge < -0.3 is 5.73 Å². The number of aryl methyl sites for hydroxylation is 1. The van der Waals surface area contributed by atoms with Crippen LogP contribution in [-0.4, -0.2) is 9.97 Å². The Kier molecular flexibility index (Phi) is 1.57. The normalized spacial score (nSPS) is 12.3. The summed E-state index contributed by atoms with van der Waals surface area (Å²) in [4.78, 5) is 8.31. The summed E-state index contributed by atoms with van der Waals surface area (Å²) in [5.74, 6) is 0.349. The lowest BCUT2D eigenvalue weighted by Crippen LogP contribution is -1.96. The van der Waals surface area contributed by atoms with Gasteiger partial charge in [0.25, 0.3) is 0 Å². The molecule has 0 amide bonds. The highest BCUT2D eigenvalue weighted by atomic mass is 15.0. The Balaban J connectivity index is 2.26. The molecule has 1 aromatic carbocycles. The molecule has 2 N–H and O–H groups in total. The lowest BCUT2D eigenvalue weighted by molar-refractivity contribution is 1.13. The maximum absolute atomic E-state index is 5.60. The number of hydrogen-bond acceptors (Lipinski definition) is 3. The van der Waals surface area contributed by atoms with E-state index in [1.807, 2.05) is 6.20 Å². The zero-order valence-corrected chi connectivity index (χ0v) is 8.49. The van der Waals surface area contributed by atoms with Crippen molar-refractivity contribution in [2.75, 3.05) is 5.73 Å². The number of nitrogens with zero attached hydrogens (tertiary/aromatic N) is 2. The first kappa shape index (κ1) is 8.41. The third-order valence-electron chi connectivity index (χ3n) is 2.78. The largest absolute Gasteiger partial charge is 0.368 e. The van der Waals surface area contributed by atoms with Gasteiger partial charge in [-0.25, -0.2) is 9.97 Å². The van der Waals surface area contributed by atoms with Gasteiger partial charge in [-0.15, -0.1) is 0 Å².